The standard InChI is InChI=1S/C15H24N2O/c1-13(14-7-6-10-16-11-14)17-12-15(18)8-4-2-3-5-9-15/h6-7,10-11,13,17-18H,2-5,8-9,12H2,1H3/t13-/m0/s1. The zero-order chi connectivity index (χ0) is 12.8. The van der Waals surface area contributed by atoms with Crippen LogP contribution in [0, 0.1) is 0 Å². The van der Waals surface area contributed by atoms with Gasteiger partial charge < -0.3 is 10.4 Å². The van der Waals surface area contributed by atoms with Gasteiger partial charge in [-0.05, 0) is 31.4 Å². The molecule has 1 heterocycles. The van der Waals surface area contributed by atoms with Crippen LogP contribution >= 0.6 is 0 Å². The highest BCUT2D eigenvalue weighted by atomic mass is 16.3. The quantitative estimate of drug-likeness (QED) is 0.805. The molecule has 18 heavy (non-hydrogen) atoms. The maximum absolute atomic E-state index is 10.6. The Morgan fingerprint density at radius 3 is 2.67 bits per heavy atom. The fraction of sp³-hybridized carbons (Fsp3) is 0.667. The van der Waals surface area contributed by atoms with Gasteiger partial charge in [0.2, 0.25) is 0 Å². The van der Waals surface area contributed by atoms with Gasteiger partial charge in [-0.1, -0.05) is 31.7 Å². The summed E-state index contributed by atoms with van der Waals surface area (Å²) in [6.45, 7) is 2.81. The van der Waals surface area contributed by atoms with Gasteiger partial charge >= 0.3 is 0 Å². The molecule has 1 aliphatic rings. The molecule has 2 N–H and O–H groups in total. The first-order valence-corrected chi connectivity index (χ1v) is 7.05. The minimum atomic E-state index is -0.507. The molecule has 0 radical (unpaired) electrons. The number of pyridine rings is 1. The number of nitrogens with one attached hydrogen (secondary N) is 1. The molecule has 1 aromatic rings. The second-order valence-corrected chi connectivity index (χ2v) is 5.53. The van der Waals surface area contributed by atoms with Crippen molar-refractivity contribution in [2.75, 3.05) is 6.54 Å². The Kier molecular flexibility index (Phi) is 4.72. The average molecular weight is 248 g/mol. The van der Waals surface area contributed by atoms with Gasteiger partial charge in [0.1, 0.15) is 0 Å². The molecule has 0 bridgehead atoms. The van der Waals surface area contributed by atoms with Crippen molar-refractivity contribution in [3.05, 3.63) is 30.1 Å². The molecule has 0 amide bonds. The summed E-state index contributed by atoms with van der Waals surface area (Å²) in [7, 11) is 0. The smallest absolute Gasteiger partial charge is 0.0771 e. The molecule has 1 aliphatic carbocycles. The summed E-state index contributed by atoms with van der Waals surface area (Å²) >= 11 is 0. The third kappa shape index (κ3) is 3.79. The lowest BCUT2D eigenvalue weighted by atomic mass is 9.94. The topological polar surface area (TPSA) is 45.1 Å². The zero-order valence-electron chi connectivity index (χ0n) is 11.2. The van der Waals surface area contributed by atoms with E-state index in [2.05, 4.69) is 23.3 Å². The van der Waals surface area contributed by atoms with E-state index >= 15 is 0 Å². The van der Waals surface area contributed by atoms with Crippen LogP contribution in [0.5, 0.6) is 0 Å². The summed E-state index contributed by atoms with van der Waals surface area (Å²) in [5, 5.41) is 14.0. The molecular weight excluding hydrogens is 224 g/mol. The highest BCUT2D eigenvalue weighted by molar-refractivity contribution is 5.12. The summed E-state index contributed by atoms with van der Waals surface area (Å²) in [6, 6.07) is 4.27. The van der Waals surface area contributed by atoms with E-state index in [0.717, 1.165) is 25.7 Å². The first kappa shape index (κ1) is 13.5. The molecule has 0 saturated heterocycles. The van der Waals surface area contributed by atoms with E-state index in [4.69, 9.17) is 0 Å². The van der Waals surface area contributed by atoms with Crippen molar-refractivity contribution in [2.24, 2.45) is 0 Å². The van der Waals surface area contributed by atoms with E-state index in [1.165, 1.54) is 18.4 Å². The molecule has 1 aromatic heterocycles. The van der Waals surface area contributed by atoms with Crippen LogP contribution in [0.15, 0.2) is 24.5 Å². The lowest BCUT2D eigenvalue weighted by Crippen LogP contribution is -2.41. The average Bonchev–Trinajstić information content (AvgIpc) is 2.62. The molecule has 3 nitrogen and oxygen atoms in total. The predicted molar refractivity (Wildman–Crippen MR) is 73.3 cm³/mol. The van der Waals surface area contributed by atoms with Gasteiger partial charge in [-0.15, -0.1) is 0 Å². The van der Waals surface area contributed by atoms with Gasteiger partial charge in [-0.2, -0.15) is 0 Å². The van der Waals surface area contributed by atoms with Crippen molar-refractivity contribution in [1.82, 2.24) is 10.3 Å². The predicted octanol–water partition coefficient (Wildman–Crippen LogP) is 2.82. The summed E-state index contributed by atoms with van der Waals surface area (Å²) in [6.07, 6.45) is 10.4. The van der Waals surface area contributed by atoms with E-state index in [-0.39, 0.29) is 6.04 Å². The highest BCUT2D eigenvalue weighted by Gasteiger charge is 2.28. The number of rotatable bonds is 4. The molecule has 1 atom stereocenters. The summed E-state index contributed by atoms with van der Waals surface area (Å²) < 4.78 is 0. The molecule has 0 aliphatic heterocycles. The van der Waals surface area contributed by atoms with Crippen LogP contribution < -0.4 is 5.32 Å². The number of hydrogen-bond donors (Lipinski definition) is 2. The Morgan fingerprint density at radius 1 is 1.33 bits per heavy atom. The fourth-order valence-electron chi connectivity index (χ4n) is 2.66. The molecule has 1 fully saturated rings. The number of hydrogen-bond acceptors (Lipinski definition) is 3. The van der Waals surface area contributed by atoms with Crippen molar-refractivity contribution >= 4 is 0 Å². The number of aromatic nitrogens is 1. The molecule has 2 rings (SSSR count). The third-order valence-corrected chi connectivity index (χ3v) is 3.96. The van der Waals surface area contributed by atoms with E-state index in [9.17, 15) is 5.11 Å². The molecule has 0 spiro atoms. The van der Waals surface area contributed by atoms with E-state index < -0.39 is 5.60 Å². The Bertz CT molecular complexity index is 345. The van der Waals surface area contributed by atoms with Crippen molar-refractivity contribution in [3.63, 3.8) is 0 Å². The minimum absolute atomic E-state index is 0.242. The van der Waals surface area contributed by atoms with Crippen LogP contribution in [-0.2, 0) is 0 Å². The highest BCUT2D eigenvalue weighted by Crippen LogP contribution is 2.27. The van der Waals surface area contributed by atoms with Crippen molar-refractivity contribution < 1.29 is 5.11 Å². The lowest BCUT2D eigenvalue weighted by Gasteiger charge is -2.28. The van der Waals surface area contributed by atoms with E-state index in [1.807, 2.05) is 12.3 Å². The van der Waals surface area contributed by atoms with Crippen molar-refractivity contribution in [2.45, 2.75) is 57.1 Å². The maximum Gasteiger partial charge on any atom is 0.0771 e. The van der Waals surface area contributed by atoms with Gasteiger partial charge in [0.25, 0.3) is 0 Å². The normalized spacial score (nSPS) is 21.2. The summed E-state index contributed by atoms with van der Waals surface area (Å²) in [4.78, 5) is 4.13. The molecule has 0 unspecified atom stereocenters. The zero-order valence-corrected chi connectivity index (χ0v) is 11.2. The van der Waals surface area contributed by atoms with Gasteiger partial charge in [-0.3, -0.25) is 4.98 Å². The Morgan fingerprint density at radius 2 is 2.06 bits per heavy atom. The fourth-order valence-corrected chi connectivity index (χ4v) is 2.66. The monoisotopic (exact) mass is 248 g/mol. The van der Waals surface area contributed by atoms with Crippen molar-refractivity contribution in [1.29, 1.82) is 0 Å². The van der Waals surface area contributed by atoms with Crippen LogP contribution in [0.1, 0.15) is 57.1 Å². The molecule has 100 valence electrons. The van der Waals surface area contributed by atoms with E-state index in [0.29, 0.717) is 6.54 Å². The minimum Gasteiger partial charge on any atom is -0.389 e. The van der Waals surface area contributed by atoms with Crippen LogP contribution in [0.2, 0.25) is 0 Å². The van der Waals surface area contributed by atoms with Gasteiger partial charge in [0, 0.05) is 25.0 Å². The van der Waals surface area contributed by atoms with Gasteiger partial charge in [0.05, 0.1) is 5.60 Å². The molecule has 1 saturated carbocycles. The SMILES string of the molecule is C[C@H](NCC1(O)CCCCCC1)c1cccnc1. The first-order valence-electron chi connectivity index (χ1n) is 7.05. The van der Waals surface area contributed by atoms with E-state index in [1.54, 1.807) is 6.20 Å². The largest absolute Gasteiger partial charge is 0.389 e. The Balaban J connectivity index is 1.86. The third-order valence-electron chi connectivity index (χ3n) is 3.96. The first-order chi connectivity index (χ1) is 8.70. The van der Waals surface area contributed by atoms with Gasteiger partial charge in [-0.25, -0.2) is 0 Å². The maximum atomic E-state index is 10.6. The van der Waals surface area contributed by atoms with Crippen LogP contribution in [0.3, 0.4) is 0 Å². The van der Waals surface area contributed by atoms with Crippen LogP contribution in [0.4, 0.5) is 0 Å². The summed E-state index contributed by atoms with van der Waals surface area (Å²) in [5.74, 6) is 0. The van der Waals surface area contributed by atoms with Crippen LogP contribution in [-0.4, -0.2) is 22.2 Å². The van der Waals surface area contributed by atoms with Crippen molar-refractivity contribution in [3.8, 4) is 0 Å². The van der Waals surface area contributed by atoms with Crippen LogP contribution in [0.25, 0.3) is 0 Å². The Labute approximate surface area is 110 Å². The van der Waals surface area contributed by atoms with Gasteiger partial charge in [0.15, 0.2) is 0 Å². The molecule has 0 aromatic carbocycles. The second kappa shape index (κ2) is 6.30. The molecule has 3 heteroatoms. The molecular formula is C15H24N2O. The lowest BCUT2D eigenvalue weighted by molar-refractivity contribution is 0.0231. The Hall–Kier alpha value is -0.930. The second-order valence-electron chi connectivity index (χ2n) is 5.53. The number of nitrogens with zero attached hydrogens (tertiary/aromatic N) is 1. The number of aliphatic hydroxyl groups is 1. The summed E-state index contributed by atoms with van der Waals surface area (Å²) in [5.41, 5.74) is 0.669.